The number of carbonyl (C=O) groups excluding carboxylic acids is 2. The molecule has 1 aliphatic rings. The molecule has 9 nitrogen and oxygen atoms in total. The van der Waals surface area contributed by atoms with E-state index < -0.39 is 23.6 Å². The smallest absolute Gasteiger partial charge is 0.328 e. The van der Waals surface area contributed by atoms with Crippen LogP contribution in [0.15, 0.2) is 29.0 Å². The second-order valence-electron chi connectivity index (χ2n) is 6.88. The van der Waals surface area contributed by atoms with E-state index in [9.17, 15) is 9.59 Å². The molecule has 0 radical (unpaired) electrons. The molecule has 2 aromatic rings. The topological polar surface area (TPSA) is 119 Å². The average Bonchev–Trinajstić information content (AvgIpc) is 3.20. The van der Waals surface area contributed by atoms with Gasteiger partial charge in [-0.05, 0) is 38.8 Å². The highest BCUT2D eigenvalue weighted by atomic mass is 16.5. The highest BCUT2D eigenvalue weighted by molar-refractivity contribution is 5.83. The first-order valence-electron chi connectivity index (χ1n) is 9.54. The number of carbonyl (C=O) groups is 2. The van der Waals surface area contributed by atoms with Gasteiger partial charge in [-0.3, -0.25) is 4.98 Å². The van der Waals surface area contributed by atoms with Crippen LogP contribution in [0.3, 0.4) is 0 Å². The number of nitrogens with one attached hydrogen (secondary N) is 2. The largest absolute Gasteiger partial charge is 0.464 e. The number of nitrogens with zero attached hydrogens (tertiary/aromatic N) is 3. The fourth-order valence-corrected chi connectivity index (χ4v) is 3.35. The molecule has 2 amide bonds. The first-order valence-corrected chi connectivity index (χ1v) is 9.54. The number of ether oxygens (including phenoxy) is 1. The van der Waals surface area contributed by atoms with Crippen LogP contribution in [0.2, 0.25) is 0 Å². The quantitative estimate of drug-likeness (QED) is 0.731. The minimum atomic E-state index is -0.760. The van der Waals surface area contributed by atoms with Crippen LogP contribution >= 0.6 is 0 Å². The van der Waals surface area contributed by atoms with Gasteiger partial charge in [0, 0.05) is 18.0 Å². The zero-order valence-electron chi connectivity index (χ0n) is 16.1. The van der Waals surface area contributed by atoms with Crippen LogP contribution in [0, 0.1) is 0 Å². The second kappa shape index (κ2) is 8.81. The van der Waals surface area contributed by atoms with Crippen LogP contribution in [0.25, 0.3) is 11.4 Å². The molecule has 0 unspecified atom stereocenters. The van der Waals surface area contributed by atoms with Gasteiger partial charge in [0.05, 0.1) is 6.61 Å². The number of aromatic nitrogens is 3. The first kappa shape index (κ1) is 19.8. The Balaban J connectivity index is 1.77. The Morgan fingerprint density at radius 1 is 1.32 bits per heavy atom. The Morgan fingerprint density at radius 3 is 2.79 bits per heavy atom. The van der Waals surface area contributed by atoms with Crippen molar-refractivity contribution in [3.63, 3.8) is 0 Å². The van der Waals surface area contributed by atoms with Crippen LogP contribution in [0.5, 0.6) is 0 Å². The van der Waals surface area contributed by atoms with E-state index in [1.54, 1.807) is 32.3 Å². The highest BCUT2D eigenvalue weighted by Gasteiger charge is 2.41. The average molecular weight is 387 g/mol. The van der Waals surface area contributed by atoms with Crippen LogP contribution in [-0.2, 0) is 15.1 Å². The number of hydrogen-bond donors (Lipinski definition) is 2. The molecule has 3 rings (SSSR count). The molecule has 9 heteroatoms. The van der Waals surface area contributed by atoms with Gasteiger partial charge in [0.2, 0.25) is 5.82 Å². The third kappa shape index (κ3) is 4.47. The third-order valence-corrected chi connectivity index (χ3v) is 4.80. The van der Waals surface area contributed by atoms with Crippen molar-refractivity contribution >= 4 is 12.0 Å². The maximum absolute atomic E-state index is 12.6. The van der Waals surface area contributed by atoms with Gasteiger partial charge in [0.1, 0.15) is 11.6 Å². The minimum Gasteiger partial charge on any atom is -0.464 e. The number of pyridine rings is 1. The van der Waals surface area contributed by atoms with Crippen LogP contribution in [0.1, 0.15) is 51.8 Å². The molecular formula is C19H25N5O4. The van der Waals surface area contributed by atoms with Crippen molar-refractivity contribution in [2.45, 2.75) is 57.5 Å². The Hall–Kier alpha value is -2.97. The zero-order valence-corrected chi connectivity index (χ0v) is 16.1. The zero-order chi connectivity index (χ0) is 20.0. The minimum absolute atomic E-state index is 0.259. The van der Waals surface area contributed by atoms with Crippen LogP contribution in [-0.4, -0.2) is 39.8 Å². The van der Waals surface area contributed by atoms with E-state index in [-0.39, 0.29) is 6.61 Å². The fraction of sp³-hybridized carbons (Fsp3) is 0.526. The Bertz CT molecular complexity index is 802. The molecule has 2 N–H and O–H groups in total. The number of rotatable bonds is 6. The number of urea groups is 1. The molecule has 1 aliphatic carbocycles. The summed E-state index contributed by atoms with van der Waals surface area (Å²) in [5.74, 6) is 0.312. The lowest BCUT2D eigenvalue weighted by atomic mass is 9.81. The predicted octanol–water partition coefficient (Wildman–Crippen LogP) is 2.54. The van der Waals surface area contributed by atoms with Crippen molar-refractivity contribution in [2.75, 3.05) is 6.61 Å². The summed E-state index contributed by atoms with van der Waals surface area (Å²) in [7, 11) is 0. The summed E-state index contributed by atoms with van der Waals surface area (Å²) in [5, 5.41) is 9.65. The summed E-state index contributed by atoms with van der Waals surface area (Å²) in [6.07, 6.45) is 7.63. The predicted molar refractivity (Wildman–Crippen MR) is 100 cm³/mol. The molecule has 2 heterocycles. The summed E-state index contributed by atoms with van der Waals surface area (Å²) >= 11 is 0. The van der Waals surface area contributed by atoms with E-state index in [1.807, 2.05) is 6.07 Å². The van der Waals surface area contributed by atoms with Crippen molar-refractivity contribution in [1.82, 2.24) is 25.8 Å². The molecular weight excluding hydrogens is 362 g/mol. The summed E-state index contributed by atoms with van der Waals surface area (Å²) in [4.78, 5) is 32.9. The van der Waals surface area contributed by atoms with Gasteiger partial charge in [-0.15, -0.1) is 0 Å². The lowest BCUT2D eigenvalue weighted by Gasteiger charge is -2.34. The van der Waals surface area contributed by atoms with Gasteiger partial charge < -0.3 is 19.9 Å². The molecule has 0 saturated heterocycles. The van der Waals surface area contributed by atoms with Gasteiger partial charge in [0.25, 0.3) is 5.89 Å². The molecule has 150 valence electrons. The third-order valence-electron chi connectivity index (χ3n) is 4.80. The lowest BCUT2D eigenvalue weighted by Crippen LogP contribution is -2.54. The fourth-order valence-electron chi connectivity index (χ4n) is 3.35. The summed E-state index contributed by atoms with van der Waals surface area (Å²) in [6.45, 7) is 3.56. The van der Waals surface area contributed by atoms with Crippen molar-refractivity contribution < 1.29 is 18.8 Å². The monoisotopic (exact) mass is 387 g/mol. The molecule has 0 bridgehead atoms. The molecule has 1 saturated carbocycles. The molecule has 0 spiro atoms. The van der Waals surface area contributed by atoms with Crippen LogP contribution < -0.4 is 10.6 Å². The van der Waals surface area contributed by atoms with E-state index in [4.69, 9.17) is 9.26 Å². The van der Waals surface area contributed by atoms with Crippen molar-refractivity contribution in [1.29, 1.82) is 0 Å². The van der Waals surface area contributed by atoms with Gasteiger partial charge in [0.15, 0.2) is 0 Å². The molecule has 1 fully saturated rings. The SMILES string of the molecule is CCOC(=O)[C@@H](C)NC(=O)NC1(c2nc(-c3cccnc3)no2)CCCCC1. The van der Waals surface area contributed by atoms with E-state index in [0.717, 1.165) is 24.8 Å². The Labute approximate surface area is 163 Å². The van der Waals surface area contributed by atoms with Crippen LogP contribution in [0.4, 0.5) is 4.79 Å². The summed E-state index contributed by atoms with van der Waals surface area (Å²) < 4.78 is 10.5. The van der Waals surface area contributed by atoms with E-state index in [0.29, 0.717) is 24.6 Å². The molecule has 28 heavy (non-hydrogen) atoms. The van der Waals surface area contributed by atoms with Crippen molar-refractivity contribution in [3.8, 4) is 11.4 Å². The maximum atomic E-state index is 12.6. The van der Waals surface area contributed by atoms with E-state index in [1.165, 1.54) is 0 Å². The van der Waals surface area contributed by atoms with E-state index in [2.05, 4.69) is 25.8 Å². The first-order chi connectivity index (χ1) is 13.5. The second-order valence-corrected chi connectivity index (χ2v) is 6.88. The van der Waals surface area contributed by atoms with Gasteiger partial charge in [-0.25, -0.2) is 9.59 Å². The maximum Gasteiger partial charge on any atom is 0.328 e. The van der Waals surface area contributed by atoms with Gasteiger partial charge in [-0.2, -0.15) is 4.98 Å². The van der Waals surface area contributed by atoms with Gasteiger partial charge >= 0.3 is 12.0 Å². The Kier molecular flexibility index (Phi) is 6.23. The van der Waals surface area contributed by atoms with Crippen molar-refractivity contribution in [3.05, 3.63) is 30.4 Å². The molecule has 0 aromatic carbocycles. The molecule has 0 aliphatic heterocycles. The summed E-state index contributed by atoms with van der Waals surface area (Å²) in [6, 6.07) is 2.42. The number of amides is 2. The standard InChI is InChI=1S/C19H25N5O4/c1-3-27-16(25)13(2)21-18(26)23-19(9-5-4-6-10-19)17-22-15(24-28-17)14-8-7-11-20-12-14/h7-8,11-13H,3-6,9-10H2,1-2H3,(H2,21,23,26)/t13-/m1/s1. The van der Waals surface area contributed by atoms with Gasteiger partial charge in [-0.1, -0.05) is 24.4 Å². The van der Waals surface area contributed by atoms with Crippen molar-refractivity contribution in [2.24, 2.45) is 0 Å². The number of esters is 1. The molecule has 2 aromatic heterocycles. The highest BCUT2D eigenvalue weighted by Crippen LogP contribution is 2.37. The Morgan fingerprint density at radius 2 is 2.11 bits per heavy atom. The lowest BCUT2D eigenvalue weighted by molar-refractivity contribution is -0.144. The number of hydrogen-bond acceptors (Lipinski definition) is 7. The normalized spacial score (nSPS) is 16.8. The van der Waals surface area contributed by atoms with E-state index >= 15 is 0 Å². The summed E-state index contributed by atoms with van der Waals surface area (Å²) in [5.41, 5.74) is -0.0201. The molecule has 1 atom stereocenters.